The third kappa shape index (κ3) is 3.80. The average Bonchev–Trinajstić information content (AvgIpc) is 2.60. The van der Waals surface area contributed by atoms with Crippen molar-refractivity contribution in [2.75, 3.05) is 6.54 Å². The van der Waals surface area contributed by atoms with E-state index in [1.54, 1.807) is 0 Å². The van der Waals surface area contributed by atoms with Crippen molar-refractivity contribution in [2.45, 2.75) is 85.4 Å². The van der Waals surface area contributed by atoms with Gasteiger partial charge >= 0.3 is 0 Å². The Kier molecular flexibility index (Phi) is 5.34. The topological polar surface area (TPSA) is 32.3 Å². The maximum absolute atomic E-state index is 12.8. The average molecular weight is 294 g/mol. The first-order valence-corrected chi connectivity index (χ1v) is 8.93. The normalized spacial score (nSPS) is 28.5. The molecule has 21 heavy (non-hydrogen) atoms. The van der Waals surface area contributed by atoms with Crippen LogP contribution in [0.5, 0.6) is 0 Å². The molecule has 122 valence electrons. The molecule has 1 aliphatic heterocycles. The van der Waals surface area contributed by atoms with Crippen molar-refractivity contribution < 1.29 is 4.79 Å². The summed E-state index contributed by atoms with van der Waals surface area (Å²) in [6.07, 6.45) is 7.44. The second-order valence-electron chi connectivity index (χ2n) is 8.17. The fourth-order valence-corrected chi connectivity index (χ4v) is 3.88. The lowest BCUT2D eigenvalue weighted by atomic mass is 9.66. The molecule has 0 spiro atoms. The van der Waals surface area contributed by atoms with Crippen molar-refractivity contribution in [1.29, 1.82) is 0 Å². The Morgan fingerprint density at radius 1 is 1.19 bits per heavy atom. The summed E-state index contributed by atoms with van der Waals surface area (Å²) in [6.45, 7) is 12.2. The van der Waals surface area contributed by atoms with Crippen LogP contribution in [0.25, 0.3) is 0 Å². The Hall–Kier alpha value is -0.570. The van der Waals surface area contributed by atoms with Crippen molar-refractivity contribution in [1.82, 2.24) is 10.2 Å². The van der Waals surface area contributed by atoms with E-state index in [2.05, 4.69) is 44.8 Å². The fraction of sp³-hybridized carbons (Fsp3) is 0.944. The molecule has 0 aromatic carbocycles. The van der Waals surface area contributed by atoms with Crippen LogP contribution in [0.15, 0.2) is 0 Å². The maximum Gasteiger partial charge on any atom is 0.241 e. The third-order valence-electron chi connectivity index (χ3n) is 5.42. The van der Waals surface area contributed by atoms with E-state index in [9.17, 15) is 4.79 Å². The summed E-state index contributed by atoms with van der Waals surface area (Å²) in [6, 6.07) is 0.0442. The minimum absolute atomic E-state index is 0.0442. The van der Waals surface area contributed by atoms with Gasteiger partial charge in [0, 0.05) is 6.54 Å². The number of nitrogens with zero attached hydrogens (tertiary/aromatic N) is 1. The van der Waals surface area contributed by atoms with Gasteiger partial charge < -0.3 is 4.90 Å². The van der Waals surface area contributed by atoms with Crippen LogP contribution in [0.3, 0.4) is 0 Å². The third-order valence-corrected chi connectivity index (χ3v) is 5.42. The molecule has 1 aliphatic carbocycles. The molecule has 0 bridgehead atoms. The summed E-state index contributed by atoms with van der Waals surface area (Å²) >= 11 is 0. The molecule has 2 fully saturated rings. The molecule has 2 rings (SSSR count). The highest BCUT2D eigenvalue weighted by molar-refractivity contribution is 5.84. The number of carbonyl (C=O) groups excluding carboxylic acids is 1. The van der Waals surface area contributed by atoms with E-state index in [4.69, 9.17) is 0 Å². The molecule has 1 N–H and O–H groups in total. The van der Waals surface area contributed by atoms with Gasteiger partial charge in [-0.2, -0.15) is 0 Å². The van der Waals surface area contributed by atoms with Gasteiger partial charge in [-0.15, -0.1) is 0 Å². The number of carbonyl (C=O) groups is 1. The van der Waals surface area contributed by atoms with E-state index in [-0.39, 0.29) is 12.2 Å². The van der Waals surface area contributed by atoms with Gasteiger partial charge in [0.15, 0.2) is 0 Å². The number of hydrogen-bond acceptors (Lipinski definition) is 2. The molecule has 1 saturated heterocycles. The molecular weight excluding hydrogens is 260 g/mol. The van der Waals surface area contributed by atoms with Gasteiger partial charge in [-0.1, -0.05) is 41.0 Å². The quantitative estimate of drug-likeness (QED) is 0.775. The second kappa shape index (κ2) is 6.68. The Labute approximate surface area is 130 Å². The van der Waals surface area contributed by atoms with Crippen LogP contribution in [-0.4, -0.2) is 29.6 Å². The Bertz CT molecular complexity index is 355. The Morgan fingerprint density at radius 2 is 1.81 bits per heavy atom. The van der Waals surface area contributed by atoms with E-state index in [0.29, 0.717) is 23.2 Å². The molecule has 1 heterocycles. The molecule has 2 unspecified atom stereocenters. The van der Waals surface area contributed by atoms with Crippen LogP contribution < -0.4 is 5.32 Å². The summed E-state index contributed by atoms with van der Waals surface area (Å²) in [5.41, 5.74) is 0.416. The van der Waals surface area contributed by atoms with E-state index in [1.165, 1.54) is 25.7 Å². The van der Waals surface area contributed by atoms with Crippen molar-refractivity contribution >= 4 is 5.91 Å². The van der Waals surface area contributed by atoms with Gasteiger partial charge in [0.2, 0.25) is 5.91 Å². The smallest absolute Gasteiger partial charge is 0.241 e. The van der Waals surface area contributed by atoms with Crippen molar-refractivity contribution in [2.24, 2.45) is 17.3 Å². The zero-order valence-corrected chi connectivity index (χ0v) is 14.6. The predicted molar refractivity (Wildman–Crippen MR) is 87.9 cm³/mol. The molecule has 3 nitrogen and oxygen atoms in total. The fourth-order valence-electron chi connectivity index (χ4n) is 3.88. The maximum atomic E-state index is 12.8. The van der Waals surface area contributed by atoms with E-state index < -0.39 is 0 Å². The first-order chi connectivity index (χ1) is 9.87. The largest absolute Gasteiger partial charge is 0.325 e. The molecule has 2 atom stereocenters. The second-order valence-corrected chi connectivity index (χ2v) is 8.17. The van der Waals surface area contributed by atoms with Crippen molar-refractivity contribution in [3.05, 3.63) is 0 Å². The zero-order valence-electron chi connectivity index (χ0n) is 14.6. The van der Waals surface area contributed by atoms with Crippen LogP contribution in [0.2, 0.25) is 0 Å². The summed E-state index contributed by atoms with van der Waals surface area (Å²) in [4.78, 5) is 15.0. The molecular formula is C18H34N2O. The summed E-state index contributed by atoms with van der Waals surface area (Å²) in [5, 5.41) is 3.62. The van der Waals surface area contributed by atoms with Gasteiger partial charge in [0.05, 0.1) is 12.2 Å². The summed E-state index contributed by atoms with van der Waals surface area (Å²) in [7, 11) is 0. The van der Waals surface area contributed by atoms with Crippen LogP contribution >= 0.6 is 0 Å². The monoisotopic (exact) mass is 294 g/mol. The van der Waals surface area contributed by atoms with Crippen molar-refractivity contribution in [3.8, 4) is 0 Å². The lowest BCUT2D eigenvalue weighted by Gasteiger charge is -2.45. The molecule has 0 aromatic heterocycles. The summed E-state index contributed by atoms with van der Waals surface area (Å²) in [5.74, 6) is 1.54. The number of nitrogens with one attached hydrogen (secondary N) is 1. The molecule has 2 aliphatic rings. The van der Waals surface area contributed by atoms with Crippen molar-refractivity contribution in [3.63, 3.8) is 0 Å². The Morgan fingerprint density at radius 3 is 2.24 bits per heavy atom. The minimum Gasteiger partial charge on any atom is -0.325 e. The Balaban J connectivity index is 2.07. The highest BCUT2D eigenvalue weighted by Crippen LogP contribution is 2.45. The molecule has 0 aromatic rings. The minimum atomic E-state index is 0.0442. The first kappa shape index (κ1) is 16.8. The van der Waals surface area contributed by atoms with Crippen LogP contribution in [0.4, 0.5) is 0 Å². The number of amides is 1. The van der Waals surface area contributed by atoms with Gasteiger partial charge in [0.25, 0.3) is 0 Å². The van der Waals surface area contributed by atoms with E-state index in [0.717, 1.165) is 19.4 Å². The SMILES string of the molecule is CCC1(CN2C(=O)C(CC(C)C)NC2CC(C)C)CCC1. The molecule has 0 radical (unpaired) electrons. The molecule has 3 heteroatoms. The first-order valence-electron chi connectivity index (χ1n) is 8.93. The highest BCUT2D eigenvalue weighted by atomic mass is 16.2. The zero-order chi connectivity index (χ0) is 15.6. The molecule has 1 saturated carbocycles. The standard InChI is InChI=1S/C18H34N2O/c1-6-18(8-7-9-18)12-20-16(11-14(4)5)19-15(17(20)21)10-13(2)3/h13-16,19H,6-12H2,1-5H3. The summed E-state index contributed by atoms with van der Waals surface area (Å²) < 4.78 is 0. The lowest BCUT2D eigenvalue weighted by Crippen LogP contribution is -2.47. The lowest BCUT2D eigenvalue weighted by molar-refractivity contribution is -0.133. The van der Waals surface area contributed by atoms with Crippen LogP contribution in [-0.2, 0) is 4.79 Å². The van der Waals surface area contributed by atoms with E-state index in [1.807, 2.05) is 0 Å². The highest BCUT2D eigenvalue weighted by Gasteiger charge is 2.45. The van der Waals surface area contributed by atoms with Gasteiger partial charge in [0.1, 0.15) is 0 Å². The van der Waals surface area contributed by atoms with Crippen LogP contribution in [0, 0.1) is 17.3 Å². The predicted octanol–water partition coefficient (Wildman–Crippen LogP) is 3.79. The van der Waals surface area contributed by atoms with Gasteiger partial charge in [-0.3, -0.25) is 10.1 Å². The molecule has 1 amide bonds. The number of rotatable bonds is 7. The van der Waals surface area contributed by atoms with Crippen LogP contribution in [0.1, 0.15) is 73.1 Å². The number of hydrogen-bond donors (Lipinski definition) is 1. The van der Waals surface area contributed by atoms with E-state index >= 15 is 0 Å². The van der Waals surface area contributed by atoms with Gasteiger partial charge in [-0.05, 0) is 49.4 Å². The van der Waals surface area contributed by atoms with Gasteiger partial charge in [-0.25, -0.2) is 0 Å².